The molecule has 1 fully saturated rings. The largest absolute Gasteiger partial charge is 0.468 e. The van der Waals surface area contributed by atoms with Crippen LogP contribution in [0.15, 0.2) is 47.1 Å². The van der Waals surface area contributed by atoms with Gasteiger partial charge in [0.25, 0.3) is 0 Å². The first-order valence-electron chi connectivity index (χ1n) is 7.61. The number of aromatic nitrogens is 2. The van der Waals surface area contributed by atoms with Gasteiger partial charge in [0, 0.05) is 18.3 Å². The van der Waals surface area contributed by atoms with E-state index in [9.17, 15) is 18.0 Å². The second-order valence-electron chi connectivity index (χ2n) is 5.89. The number of anilines is 1. The summed E-state index contributed by atoms with van der Waals surface area (Å²) in [5.74, 6) is -1.73. The average Bonchev–Trinajstić information content (AvgIpc) is 3.26. The van der Waals surface area contributed by atoms with Gasteiger partial charge in [-0.05, 0) is 36.1 Å². The number of fused-ring (bicyclic) bond motifs is 1. The number of nitrogens with one attached hydrogen (secondary N) is 1. The summed E-state index contributed by atoms with van der Waals surface area (Å²) in [5.41, 5.74) is 1.15. The molecule has 0 spiro atoms. The molecule has 8 heteroatoms. The van der Waals surface area contributed by atoms with E-state index in [0.29, 0.717) is 6.42 Å². The molecule has 5 nitrogen and oxygen atoms in total. The van der Waals surface area contributed by atoms with Crippen LogP contribution in [0.1, 0.15) is 23.8 Å². The number of oxazole rings is 1. The van der Waals surface area contributed by atoms with Gasteiger partial charge in [-0.3, -0.25) is 9.78 Å². The predicted molar refractivity (Wildman–Crippen MR) is 82.7 cm³/mol. The first-order valence-corrected chi connectivity index (χ1v) is 7.61. The van der Waals surface area contributed by atoms with E-state index in [-0.39, 0.29) is 34.5 Å². The van der Waals surface area contributed by atoms with Gasteiger partial charge in [-0.1, -0.05) is 12.1 Å². The van der Waals surface area contributed by atoms with Gasteiger partial charge < -0.3 is 9.73 Å². The lowest BCUT2D eigenvalue weighted by molar-refractivity contribution is -0.156. The summed E-state index contributed by atoms with van der Waals surface area (Å²) in [6, 6.07) is 8.10. The fourth-order valence-electron chi connectivity index (χ4n) is 2.84. The van der Waals surface area contributed by atoms with E-state index >= 15 is 0 Å². The molecule has 3 aromatic rings. The Labute approximate surface area is 139 Å². The van der Waals surface area contributed by atoms with Crippen molar-refractivity contribution in [2.75, 3.05) is 5.32 Å². The minimum atomic E-state index is -4.68. The molecule has 2 atom stereocenters. The summed E-state index contributed by atoms with van der Waals surface area (Å²) in [4.78, 5) is 19.9. The van der Waals surface area contributed by atoms with E-state index in [1.807, 2.05) is 6.07 Å². The number of hydrogen-bond donors (Lipinski definition) is 1. The number of carbonyl (C=O) groups is 1. The van der Waals surface area contributed by atoms with Crippen LogP contribution in [0.2, 0.25) is 0 Å². The van der Waals surface area contributed by atoms with E-state index in [2.05, 4.69) is 15.3 Å². The van der Waals surface area contributed by atoms with E-state index in [4.69, 9.17) is 4.42 Å². The third kappa shape index (κ3) is 2.95. The van der Waals surface area contributed by atoms with Gasteiger partial charge in [0.05, 0.1) is 5.69 Å². The molecule has 1 aliphatic carbocycles. The number of rotatable bonds is 3. The lowest BCUT2D eigenvalue weighted by atomic mass is 10.1. The van der Waals surface area contributed by atoms with Gasteiger partial charge in [-0.15, -0.1) is 0 Å². The minimum Gasteiger partial charge on any atom is -0.433 e. The van der Waals surface area contributed by atoms with E-state index in [1.165, 1.54) is 18.2 Å². The molecule has 1 amide bonds. The highest BCUT2D eigenvalue weighted by atomic mass is 19.4. The molecule has 2 heterocycles. The highest BCUT2D eigenvalue weighted by Crippen LogP contribution is 2.48. The molecule has 0 saturated heterocycles. The number of halogens is 3. The molecule has 2 aromatic heterocycles. The molecule has 0 radical (unpaired) electrons. The molecule has 1 saturated carbocycles. The monoisotopic (exact) mass is 347 g/mol. The number of alkyl halides is 3. The van der Waals surface area contributed by atoms with Crippen molar-refractivity contribution in [1.82, 2.24) is 9.97 Å². The normalized spacial score (nSPS) is 19.8. The van der Waals surface area contributed by atoms with Crippen molar-refractivity contribution in [1.29, 1.82) is 0 Å². The number of para-hydroxylation sites is 1. The fourth-order valence-corrected chi connectivity index (χ4v) is 2.84. The van der Waals surface area contributed by atoms with Crippen LogP contribution in [-0.4, -0.2) is 15.9 Å². The summed E-state index contributed by atoms with van der Waals surface area (Å²) < 4.78 is 43.0. The molecule has 1 aliphatic rings. The van der Waals surface area contributed by atoms with Crippen molar-refractivity contribution < 1.29 is 22.4 Å². The maximum absolute atomic E-state index is 12.7. The van der Waals surface area contributed by atoms with Crippen LogP contribution in [0.25, 0.3) is 11.1 Å². The van der Waals surface area contributed by atoms with Crippen LogP contribution < -0.4 is 5.32 Å². The number of pyridine rings is 1. The van der Waals surface area contributed by atoms with Gasteiger partial charge in [0.2, 0.25) is 5.91 Å². The van der Waals surface area contributed by atoms with Gasteiger partial charge in [-0.2, -0.15) is 13.2 Å². The molecule has 25 heavy (non-hydrogen) atoms. The zero-order valence-electron chi connectivity index (χ0n) is 12.7. The second kappa shape index (κ2) is 5.58. The van der Waals surface area contributed by atoms with Gasteiger partial charge in [0.1, 0.15) is 5.52 Å². The van der Waals surface area contributed by atoms with Crippen LogP contribution in [0.5, 0.6) is 0 Å². The zero-order chi connectivity index (χ0) is 17.6. The molecular weight excluding hydrogens is 335 g/mol. The third-order valence-electron chi connectivity index (χ3n) is 4.16. The van der Waals surface area contributed by atoms with Crippen LogP contribution in [0.3, 0.4) is 0 Å². The Balaban J connectivity index is 1.55. The molecule has 0 bridgehead atoms. The predicted octanol–water partition coefficient (Wildman–Crippen LogP) is 3.98. The quantitative estimate of drug-likeness (QED) is 0.778. The number of amides is 1. The van der Waals surface area contributed by atoms with Crippen LogP contribution in [-0.2, 0) is 11.0 Å². The lowest BCUT2D eigenvalue weighted by Crippen LogP contribution is -2.15. The Morgan fingerprint density at radius 2 is 2.08 bits per heavy atom. The Morgan fingerprint density at radius 1 is 1.24 bits per heavy atom. The van der Waals surface area contributed by atoms with Crippen LogP contribution in [0, 0.1) is 5.92 Å². The molecule has 4 rings (SSSR count). The lowest BCUT2D eigenvalue weighted by Gasteiger charge is -2.05. The molecule has 1 aromatic carbocycles. The van der Waals surface area contributed by atoms with Crippen LogP contribution >= 0.6 is 0 Å². The number of benzene rings is 1. The average molecular weight is 347 g/mol. The molecule has 1 N–H and O–H groups in total. The fraction of sp³-hybridized carbons (Fsp3) is 0.235. The Kier molecular flexibility index (Phi) is 3.48. The third-order valence-corrected chi connectivity index (χ3v) is 4.16. The number of carbonyl (C=O) groups excluding carboxylic acids is 1. The van der Waals surface area contributed by atoms with Crippen molar-refractivity contribution in [3.05, 3.63) is 54.2 Å². The first kappa shape index (κ1) is 15.6. The van der Waals surface area contributed by atoms with Crippen molar-refractivity contribution in [3.63, 3.8) is 0 Å². The number of hydrogen-bond acceptors (Lipinski definition) is 4. The van der Waals surface area contributed by atoms with E-state index < -0.39 is 12.1 Å². The van der Waals surface area contributed by atoms with Crippen molar-refractivity contribution in [2.24, 2.45) is 5.92 Å². The smallest absolute Gasteiger partial charge is 0.433 e. The zero-order valence-corrected chi connectivity index (χ0v) is 12.7. The van der Waals surface area contributed by atoms with Gasteiger partial charge >= 0.3 is 12.1 Å². The highest BCUT2D eigenvalue weighted by molar-refractivity contribution is 6.01. The minimum absolute atomic E-state index is 0.0123. The maximum atomic E-state index is 12.7. The van der Waals surface area contributed by atoms with E-state index in [1.54, 1.807) is 18.5 Å². The summed E-state index contributed by atoms with van der Waals surface area (Å²) in [5, 5.41) is 2.66. The molecule has 128 valence electrons. The van der Waals surface area contributed by atoms with Gasteiger partial charge in [-0.25, -0.2) is 4.98 Å². The Bertz CT molecular complexity index is 937. The van der Waals surface area contributed by atoms with Crippen molar-refractivity contribution in [3.8, 4) is 0 Å². The van der Waals surface area contributed by atoms with Crippen molar-refractivity contribution in [2.45, 2.75) is 18.5 Å². The first-order chi connectivity index (χ1) is 11.9. The topological polar surface area (TPSA) is 68.0 Å². The Hall–Kier alpha value is -2.90. The summed E-state index contributed by atoms with van der Waals surface area (Å²) in [7, 11) is 0. The van der Waals surface area contributed by atoms with Crippen LogP contribution in [0.4, 0.5) is 18.9 Å². The van der Waals surface area contributed by atoms with Gasteiger partial charge in [0.15, 0.2) is 5.58 Å². The molecule has 0 unspecified atom stereocenters. The SMILES string of the molecule is O=C(Nc1cccc2oc(C(F)(F)F)nc12)[C@@H]1C[C@H]1c1cccnc1. The maximum Gasteiger partial charge on any atom is 0.468 e. The summed E-state index contributed by atoms with van der Waals surface area (Å²) in [6.45, 7) is 0. The highest BCUT2D eigenvalue weighted by Gasteiger charge is 2.44. The standard InChI is InChI=1S/C17H12F3N3O2/c18-17(19,20)16-23-14-12(4-1-5-13(14)25-16)22-15(24)11-7-10(11)9-3-2-6-21-8-9/h1-6,8,10-11H,7H2,(H,22,24)/t10-,11+/m0/s1. The molecular formula is C17H12F3N3O2. The molecule has 0 aliphatic heterocycles. The Morgan fingerprint density at radius 3 is 2.80 bits per heavy atom. The summed E-state index contributed by atoms with van der Waals surface area (Å²) >= 11 is 0. The summed E-state index contributed by atoms with van der Waals surface area (Å²) in [6.07, 6.45) is -0.626. The second-order valence-corrected chi connectivity index (χ2v) is 5.89. The number of nitrogens with zero attached hydrogens (tertiary/aromatic N) is 2. The van der Waals surface area contributed by atoms with E-state index in [0.717, 1.165) is 5.56 Å². The van der Waals surface area contributed by atoms with Crippen molar-refractivity contribution >= 4 is 22.7 Å².